The van der Waals surface area contributed by atoms with Crippen LogP contribution in [0.5, 0.6) is 23.0 Å². The van der Waals surface area contributed by atoms with Crippen LogP contribution in [-0.2, 0) is 57.8 Å². The normalized spacial score (nSPS) is 16.9. The molecule has 0 unspecified atom stereocenters. The Hall–Kier alpha value is -9.80. The molecule has 5 aromatic carbocycles. The van der Waals surface area contributed by atoms with Crippen LogP contribution in [0, 0.1) is 0 Å². The van der Waals surface area contributed by atoms with Gasteiger partial charge in [0.05, 0.1) is 68.6 Å². The molecule has 5 heterocycles. The van der Waals surface area contributed by atoms with Crippen molar-refractivity contribution >= 4 is 88.1 Å². The minimum absolute atomic E-state index is 0.0115. The van der Waals surface area contributed by atoms with Gasteiger partial charge in [-0.2, -0.15) is 0 Å². The minimum atomic E-state index is -1.00. The highest BCUT2D eigenvalue weighted by atomic mass is 16.7. The Morgan fingerprint density at radius 1 is 0.628 bits per heavy atom. The van der Waals surface area contributed by atoms with Crippen LogP contribution in [0.25, 0.3) is 0 Å². The number of aliphatic imine (C=N–C) groups is 1. The van der Waals surface area contributed by atoms with Gasteiger partial charge in [-0.1, -0.05) is 48.5 Å². The molecule has 0 spiro atoms. The first-order valence-electron chi connectivity index (χ1n) is 28.7. The fraction of sp³-hybridized carbons (Fsp3) is 0.365. The van der Waals surface area contributed by atoms with E-state index in [0.29, 0.717) is 88.5 Å². The summed E-state index contributed by atoms with van der Waals surface area (Å²) < 4.78 is 29.9. The highest BCUT2D eigenvalue weighted by molar-refractivity contribution is 6.16. The van der Waals surface area contributed by atoms with E-state index in [1.165, 1.54) is 33.0 Å². The van der Waals surface area contributed by atoms with Crippen molar-refractivity contribution < 1.29 is 71.7 Å². The molecule has 23 nitrogen and oxygen atoms in total. The van der Waals surface area contributed by atoms with Crippen LogP contribution in [0.2, 0.25) is 0 Å². The van der Waals surface area contributed by atoms with Crippen molar-refractivity contribution in [3.8, 4) is 23.0 Å². The van der Waals surface area contributed by atoms with Crippen LogP contribution in [-0.4, -0.2) is 123 Å². The summed E-state index contributed by atoms with van der Waals surface area (Å²) >= 11 is 0. The van der Waals surface area contributed by atoms with Gasteiger partial charge in [-0.05, 0) is 105 Å². The zero-order valence-electron chi connectivity index (χ0n) is 48.1. The van der Waals surface area contributed by atoms with Crippen LogP contribution in [0.1, 0.15) is 109 Å². The van der Waals surface area contributed by atoms with Gasteiger partial charge in [0, 0.05) is 67.5 Å². The number of hydrogen-bond acceptors (Lipinski definition) is 16. The topological polar surface area (TPSA) is 270 Å². The standard InChI is InChI=1S/C63H66N8O15/c1-37(65-55(72)18-10-11-19-58(75)86-71-56(73)24-25-57(71)74)59(76)66-38(2)60(77)67-42-22-20-39(21-23-42)36-85-63(80)68-35-44-29-41-15-7-9-17-49(41)70(44)62(79)46-31-52(82-4)54(33-50(46)68)84-27-13-5-12-26-83-53-32-47-45(30-51(53)81-3)61(78)69-43(34-64-47)28-40-14-6-8-16-48(40)69/h6-9,14-17,20-23,30-34,37-38,43-44H,5,10-13,18-19,24-29,35-36H2,1-4H3,(H,65,72)(H,66,76)(H,67,77)/t37-,38-,43-,44-/m0/s1. The average molecular weight is 1180 g/mol. The molecule has 448 valence electrons. The fourth-order valence-corrected chi connectivity index (χ4v) is 10.9. The predicted molar refractivity (Wildman–Crippen MR) is 314 cm³/mol. The number of nitrogens with one attached hydrogen (secondary N) is 3. The molecule has 10 rings (SSSR count). The van der Waals surface area contributed by atoms with E-state index in [-0.39, 0.29) is 81.7 Å². The van der Waals surface area contributed by atoms with Crippen LogP contribution in [0.15, 0.2) is 102 Å². The third-order valence-electron chi connectivity index (χ3n) is 15.5. The molecule has 0 saturated carbocycles. The molecule has 5 aliphatic heterocycles. The van der Waals surface area contributed by atoms with Crippen LogP contribution in [0.3, 0.4) is 0 Å². The van der Waals surface area contributed by atoms with Crippen LogP contribution < -0.4 is 49.6 Å². The van der Waals surface area contributed by atoms with E-state index in [1.807, 2.05) is 54.7 Å². The number of benzene rings is 5. The van der Waals surface area contributed by atoms with Crippen molar-refractivity contribution in [1.29, 1.82) is 0 Å². The Balaban J connectivity index is 0.708. The molecule has 3 N–H and O–H groups in total. The second kappa shape index (κ2) is 26.4. The summed E-state index contributed by atoms with van der Waals surface area (Å²) in [6, 6.07) is 26.2. The first-order valence-corrected chi connectivity index (χ1v) is 28.7. The number of rotatable bonds is 23. The molecule has 0 bridgehead atoms. The van der Waals surface area contributed by atoms with E-state index in [1.54, 1.807) is 58.3 Å². The first kappa shape index (κ1) is 59.4. The SMILES string of the molecule is COc1cc2c(cc1OCCCCCOc1cc3c(cc1OC)C(=O)N1c4ccccc4C[C@H]1CN3C(=O)OCc1ccc(NC(=O)[C@H](C)NC(=O)[C@H](C)NC(=O)CCCCC(=O)ON3C(=O)CCC3=O)cc1)N=C[C@@H]1Cc3ccccc3N1C2=O. The third-order valence-corrected chi connectivity index (χ3v) is 15.5. The summed E-state index contributed by atoms with van der Waals surface area (Å²) in [5.41, 5.74) is 6.17. The predicted octanol–water partition coefficient (Wildman–Crippen LogP) is 7.46. The molecule has 1 saturated heterocycles. The van der Waals surface area contributed by atoms with Gasteiger partial charge in [0.25, 0.3) is 23.6 Å². The van der Waals surface area contributed by atoms with Gasteiger partial charge in [0.15, 0.2) is 23.0 Å². The van der Waals surface area contributed by atoms with Crippen molar-refractivity contribution in [3.63, 3.8) is 0 Å². The Morgan fingerprint density at radius 2 is 1.23 bits per heavy atom. The summed E-state index contributed by atoms with van der Waals surface area (Å²) in [4.78, 5) is 131. The van der Waals surface area contributed by atoms with Crippen molar-refractivity contribution in [3.05, 3.63) is 125 Å². The maximum atomic E-state index is 14.6. The number of nitrogens with zero attached hydrogens (tertiary/aromatic N) is 5. The number of imide groups is 1. The number of carbonyl (C=O) groups is 9. The van der Waals surface area contributed by atoms with Crippen molar-refractivity contribution in [2.24, 2.45) is 4.99 Å². The van der Waals surface area contributed by atoms with E-state index in [0.717, 1.165) is 28.9 Å². The average Bonchev–Trinajstić information content (AvgIpc) is 1.72. The maximum Gasteiger partial charge on any atom is 0.414 e. The second-order valence-electron chi connectivity index (χ2n) is 21.4. The number of amides is 8. The largest absolute Gasteiger partial charge is 0.493 e. The van der Waals surface area contributed by atoms with Gasteiger partial charge in [0.2, 0.25) is 17.7 Å². The smallest absolute Gasteiger partial charge is 0.414 e. The zero-order valence-corrected chi connectivity index (χ0v) is 48.1. The molecule has 86 heavy (non-hydrogen) atoms. The summed E-state index contributed by atoms with van der Waals surface area (Å²) in [5, 5.41) is 8.36. The maximum absolute atomic E-state index is 14.6. The summed E-state index contributed by atoms with van der Waals surface area (Å²) in [6.07, 6.45) is 4.67. The number of ether oxygens (including phenoxy) is 5. The molecular formula is C63H66N8O15. The van der Waals surface area contributed by atoms with Crippen LogP contribution in [0.4, 0.5) is 33.2 Å². The lowest BCUT2D eigenvalue weighted by atomic mass is 10.1. The molecule has 0 aromatic heterocycles. The van der Waals surface area contributed by atoms with Gasteiger partial charge in [-0.15, -0.1) is 5.06 Å². The van der Waals surface area contributed by atoms with Crippen molar-refractivity contribution in [2.75, 3.05) is 54.0 Å². The first-order chi connectivity index (χ1) is 41.6. The molecule has 23 heteroatoms. The number of methoxy groups -OCH3 is 2. The number of hydroxylamine groups is 2. The van der Waals surface area contributed by atoms with Crippen molar-refractivity contribution in [2.45, 2.75) is 115 Å². The highest BCUT2D eigenvalue weighted by Gasteiger charge is 2.43. The summed E-state index contributed by atoms with van der Waals surface area (Å²) in [7, 11) is 3.02. The number of anilines is 4. The molecule has 0 radical (unpaired) electrons. The lowest BCUT2D eigenvalue weighted by molar-refractivity contribution is -0.197. The highest BCUT2D eigenvalue weighted by Crippen LogP contribution is 2.44. The fourth-order valence-electron chi connectivity index (χ4n) is 10.9. The summed E-state index contributed by atoms with van der Waals surface area (Å²) in [6.45, 7) is 3.55. The monoisotopic (exact) mass is 1170 g/mol. The molecule has 5 aliphatic rings. The van der Waals surface area contributed by atoms with E-state index < -0.39 is 59.7 Å². The third kappa shape index (κ3) is 13.1. The Morgan fingerprint density at radius 3 is 1.92 bits per heavy atom. The molecule has 8 amide bonds. The van der Waals surface area contributed by atoms with Gasteiger partial charge in [-0.25, -0.2) is 9.59 Å². The lowest BCUT2D eigenvalue weighted by Crippen LogP contribution is -2.50. The van der Waals surface area contributed by atoms with E-state index in [2.05, 4.69) is 16.0 Å². The van der Waals surface area contributed by atoms with Gasteiger partial charge in [-0.3, -0.25) is 48.4 Å². The Kier molecular flexibility index (Phi) is 18.2. The number of fused-ring (bicyclic) bond motifs is 8. The minimum Gasteiger partial charge on any atom is -0.493 e. The molecule has 4 atom stereocenters. The molecule has 1 fully saturated rings. The molecular weight excluding hydrogens is 1110 g/mol. The molecule has 5 aromatic rings. The Labute approximate surface area is 495 Å². The van der Waals surface area contributed by atoms with E-state index >= 15 is 0 Å². The van der Waals surface area contributed by atoms with Crippen LogP contribution >= 0.6 is 0 Å². The van der Waals surface area contributed by atoms with E-state index in [9.17, 15) is 43.2 Å². The second-order valence-corrected chi connectivity index (χ2v) is 21.4. The van der Waals surface area contributed by atoms with E-state index in [4.69, 9.17) is 33.5 Å². The number of para-hydroxylation sites is 2. The zero-order chi connectivity index (χ0) is 60.6. The molecule has 0 aliphatic carbocycles. The van der Waals surface area contributed by atoms with Gasteiger partial charge in [0.1, 0.15) is 18.7 Å². The number of hydrogen-bond donors (Lipinski definition) is 3. The van der Waals surface area contributed by atoms with Crippen molar-refractivity contribution in [1.82, 2.24) is 15.7 Å². The Bertz CT molecular complexity index is 3500. The lowest BCUT2D eigenvalue weighted by Gasteiger charge is -2.26. The quantitative estimate of drug-likeness (QED) is 0.0423. The van der Waals surface area contributed by atoms with Gasteiger partial charge >= 0.3 is 12.1 Å². The summed E-state index contributed by atoms with van der Waals surface area (Å²) in [5.74, 6) is -2.44. The van der Waals surface area contributed by atoms with Gasteiger partial charge < -0.3 is 49.4 Å². The number of carbonyl (C=O) groups excluding carboxylic acids is 9. The number of unbranched alkanes of at least 4 members (excludes halogenated alkanes) is 3.